The Balaban J connectivity index is 1.85. The van der Waals surface area contributed by atoms with Gasteiger partial charge in [-0.15, -0.1) is 11.8 Å². The maximum absolute atomic E-state index is 13.2. The summed E-state index contributed by atoms with van der Waals surface area (Å²) in [7, 11) is -2.19. The van der Waals surface area contributed by atoms with Crippen molar-refractivity contribution < 1.29 is 28.5 Å². The van der Waals surface area contributed by atoms with E-state index >= 15 is 0 Å². The van der Waals surface area contributed by atoms with Crippen LogP contribution in [-0.2, 0) is 30.2 Å². The molecule has 10 nitrogen and oxygen atoms in total. The van der Waals surface area contributed by atoms with E-state index in [0.717, 1.165) is 11.8 Å². The molecule has 2 heterocycles. The van der Waals surface area contributed by atoms with E-state index in [1.54, 1.807) is 0 Å². The number of β-lactam (4-membered cyclic amide) rings is 1. The number of thioether (sulfide) groups is 2. The molecule has 2 aliphatic heterocycles. The van der Waals surface area contributed by atoms with E-state index in [1.165, 1.54) is 40.9 Å². The van der Waals surface area contributed by atoms with Gasteiger partial charge in [-0.05, 0) is 42.8 Å². The molecular formula is C23H31N3O7S2Si. The zero-order valence-electron chi connectivity index (χ0n) is 21.2. The van der Waals surface area contributed by atoms with Crippen molar-refractivity contribution in [3.8, 4) is 0 Å². The van der Waals surface area contributed by atoms with Crippen LogP contribution in [0.2, 0.25) is 18.1 Å². The number of nitrogens with zero attached hydrogens (tertiary/aromatic N) is 2. The van der Waals surface area contributed by atoms with Gasteiger partial charge < -0.3 is 14.9 Å². The van der Waals surface area contributed by atoms with Crippen LogP contribution in [0.15, 0.2) is 34.2 Å². The minimum atomic E-state index is -2.19. The molecule has 3 rings (SSSR count). The second kappa shape index (κ2) is 10.2. The van der Waals surface area contributed by atoms with Gasteiger partial charge in [0.05, 0.1) is 27.4 Å². The number of hydrogen-bond donors (Lipinski definition) is 1. The van der Waals surface area contributed by atoms with Crippen LogP contribution < -0.4 is 5.73 Å². The predicted octanol–water partition coefficient (Wildman–Crippen LogP) is 4.11. The van der Waals surface area contributed by atoms with Crippen molar-refractivity contribution in [2.75, 3.05) is 5.75 Å². The lowest BCUT2D eigenvalue weighted by molar-refractivity contribution is -0.384. The zero-order chi connectivity index (χ0) is 27.1. The van der Waals surface area contributed by atoms with E-state index in [2.05, 4.69) is 33.9 Å². The first kappa shape index (κ1) is 28.2. The highest BCUT2D eigenvalue weighted by atomic mass is 32.2. The lowest BCUT2D eigenvalue weighted by Gasteiger charge is -2.52. The molecule has 196 valence electrons. The molecule has 0 saturated carbocycles. The van der Waals surface area contributed by atoms with Crippen molar-refractivity contribution in [2.24, 2.45) is 5.73 Å². The number of ether oxygens (including phenoxy) is 1. The van der Waals surface area contributed by atoms with Crippen LogP contribution >= 0.6 is 23.5 Å². The fourth-order valence-corrected chi connectivity index (χ4v) is 7.88. The number of esters is 1. The highest BCUT2D eigenvalue weighted by Gasteiger charge is 2.64. The third kappa shape index (κ3) is 5.48. The molecule has 0 aliphatic carbocycles. The number of amides is 2. The van der Waals surface area contributed by atoms with Crippen molar-refractivity contribution in [1.82, 2.24) is 4.90 Å². The van der Waals surface area contributed by atoms with Gasteiger partial charge in [0.1, 0.15) is 11.5 Å². The van der Waals surface area contributed by atoms with Gasteiger partial charge in [0, 0.05) is 12.1 Å². The van der Waals surface area contributed by atoms with Gasteiger partial charge in [-0.2, -0.15) is 0 Å². The molecule has 2 amide bonds. The quantitative estimate of drug-likeness (QED) is 0.149. The number of nitro benzene ring substituents is 1. The Kier molecular flexibility index (Phi) is 7.99. The first-order valence-corrected chi connectivity index (χ1v) is 16.1. The molecule has 2 atom stereocenters. The number of hydrogen-bond acceptors (Lipinski definition) is 9. The summed E-state index contributed by atoms with van der Waals surface area (Å²) in [6.07, 6.45) is -0.196. The van der Waals surface area contributed by atoms with Crippen LogP contribution in [-0.4, -0.2) is 52.7 Å². The van der Waals surface area contributed by atoms with Gasteiger partial charge in [-0.1, -0.05) is 32.5 Å². The first-order valence-electron chi connectivity index (χ1n) is 11.3. The summed E-state index contributed by atoms with van der Waals surface area (Å²) in [6, 6.07) is 5.65. The number of carbonyl (C=O) groups excluding carboxylic acids is 3. The summed E-state index contributed by atoms with van der Waals surface area (Å²) < 4.78 is 12.6. The zero-order valence-corrected chi connectivity index (χ0v) is 23.8. The minimum absolute atomic E-state index is 0.0523. The first-order chi connectivity index (χ1) is 16.6. The smallest absolute Gasteiger partial charge is 0.357 e. The molecule has 36 heavy (non-hydrogen) atoms. The van der Waals surface area contributed by atoms with Crippen LogP contribution in [0.4, 0.5) is 5.69 Å². The Morgan fingerprint density at radius 2 is 1.92 bits per heavy atom. The minimum Gasteiger partial charge on any atom is -0.456 e. The number of rotatable bonds is 10. The average Bonchev–Trinajstić information content (AvgIpc) is 3.04. The molecule has 0 bridgehead atoms. The van der Waals surface area contributed by atoms with E-state index in [1.807, 2.05) is 6.92 Å². The Labute approximate surface area is 219 Å². The molecule has 0 spiro atoms. The Hall–Kier alpha value is -2.35. The summed E-state index contributed by atoms with van der Waals surface area (Å²) >= 11 is 2.44. The van der Waals surface area contributed by atoms with Gasteiger partial charge >= 0.3 is 5.97 Å². The van der Waals surface area contributed by atoms with E-state index in [-0.39, 0.29) is 47.2 Å². The standard InChI is InChI=1S/C23H31N3O7S2Si/c1-14(33-36(5,6)22(2,3)4)23-11-18(28)25(23)19(21(35-23)34-13-17(24)27)20(29)32-12-15-7-9-16(10-8-15)26(30)31/h7-10,14H,11-13H2,1-6H3,(H2,24,27)/t14?,23-/m0/s1. The molecule has 2 aliphatic rings. The van der Waals surface area contributed by atoms with Crippen molar-refractivity contribution in [3.63, 3.8) is 0 Å². The van der Waals surface area contributed by atoms with E-state index in [9.17, 15) is 24.5 Å². The molecule has 1 saturated heterocycles. The normalized spacial score (nSPS) is 20.6. The molecule has 0 aromatic heterocycles. The second-order valence-corrected chi connectivity index (χ2v) is 17.6. The van der Waals surface area contributed by atoms with E-state index in [4.69, 9.17) is 14.9 Å². The average molecular weight is 554 g/mol. The van der Waals surface area contributed by atoms with E-state index in [0.29, 0.717) is 9.80 Å². The number of fused-ring (bicyclic) bond motifs is 1. The fraction of sp³-hybridized carbons (Fsp3) is 0.522. The highest BCUT2D eigenvalue weighted by Crippen LogP contribution is 2.60. The summed E-state index contributed by atoms with van der Waals surface area (Å²) in [5.41, 5.74) is 5.91. The monoisotopic (exact) mass is 553 g/mol. The fourth-order valence-electron chi connectivity index (χ4n) is 3.65. The second-order valence-electron chi connectivity index (χ2n) is 10.3. The number of carbonyl (C=O) groups is 3. The van der Waals surface area contributed by atoms with Gasteiger partial charge in [0.2, 0.25) is 11.8 Å². The maximum Gasteiger partial charge on any atom is 0.357 e. The van der Waals surface area contributed by atoms with Crippen LogP contribution in [0.1, 0.15) is 39.7 Å². The van der Waals surface area contributed by atoms with Gasteiger partial charge in [-0.25, -0.2) is 4.79 Å². The third-order valence-corrected chi connectivity index (χ3v) is 14.1. The number of benzene rings is 1. The van der Waals surface area contributed by atoms with Crippen molar-refractivity contribution in [1.29, 1.82) is 0 Å². The number of primary amides is 1. The summed E-state index contributed by atoms with van der Waals surface area (Å²) in [6.45, 7) is 12.4. The molecule has 13 heteroatoms. The van der Waals surface area contributed by atoms with Crippen LogP contribution in [0.5, 0.6) is 0 Å². The van der Waals surface area contributed by atoms with Gasteiger partial charge in [0.25, 0.3) is 5.69 Å². The molecule has 1 aromatic rings. The predicted molar refractivity (Wildman–Crippen MR) is 141 cm³/mol. The molecule has 1 aromatic carbocycles. The molecule has 2 N–H and O–H groups in total. The molecule has 1 fully saturated rings. The summed E-state index contributed by atoms with van der Waals surface area (Å²) in [5.74, 6) is -1.56. The largest absolute Gasteiger partial charge is 0.456 e. The van der Waals surface area contributed by atoms with Crippen LogP contribution in [0, 0.1) is 10.1 Å². The van der Waals surface area contributed by atoms with Gasteiger partial charge in [0.15, 0.2) is 14.0 Å². The number of nitrogens with two attached hydrogens (primary N) is 1. The number of non-ortho nitro benzene ring substituents is 1. The lowest BCUT2D eigenvalue weighted by atomic mass is 9.95. The third-order valence-electron chi connectivity index (χ3n) is 6.69. The summed E-state index contributed by atoms with van der Waals surface area (Å²) in [5, 5.41) is 10.8. The van der Waals surface area contributed by atoms with Crippen LogP contribution in [0.25, 0.3) is 0 Å². The highest BCUT2D eigenvalue weighted by molar-refractivity contribution is 8.23. The van der Waals surface area contributed by atoms with Gasteiger partial charge in [-0.3, -0.25) is 24.6 Å². The molecule has 1 unspecified atom stereocenters. The Morgan fingerprint density at radius 3 is 2.42 bits per heavy atom. The van der Waals surface area contributed by atoms with E-state index < -0.39 is 30.0 Å². The number of nitro groups is 1. The lowest BCUT2D eigenvalue weighted by Crippen LogP contribution is -2.66. The molecule has 0 radical (unpaired) electrons. The summed E-state index contributed by atoms with van der Waals surface area (Å²) in [4.78, 5) is 48.5. The van der Waals surface area contributed by atoms with Crippen LogP contribution in [0.3, 0.4) is 0 Å². The topological polar surface area (TPSA) is 142 Å². The maximum atomic E-state index is 13.2. The van der Waals surface area contributed by atoms with Crippen molar-refractivity contribution in [3.05, 3.63) is 49.9 Å². The Morgan fingerprint density at radius 1 is 1.31 bits per heavy atom. The Bertz CT molecular complexity index is 1120. The van der Waals surface area contributed by atoms with Crippen molar-refractivity contribution in [2.45, 2.75) is 69.8 Å². The SMILES string of the molecule is CC(O[Si](C)(C)C(C)(C)C)[C@@]12CC(=O)N1C(C(=O)OCc1ccc([N+](=O)[O-])cc1)=C(SCC(N)=O)S2. The van der Waals surface area contributed by atoms with Crippen molar-refractivity contribution >= 4 is 55.3 Å². The molecular weight excluding hydrogens is 522 g/mol.